The van der Waals surface area contributed by atoms with Crippen LogP contribution in [0.4, 0.5) is 11.4 Å². The smallest absolute Gasteiger partial charge is 0.259 e. The Morgan fingerprint density at radius 3 is 2.70 bits per heavy atom. The van der Waals surface area contributed by atoms with E-state index >= 15 is 0 Å². The van der Waals surface area contributed by atoms with Crippen molar-refractivity contribution in [2.24, 2.45) is 0 Å². The van der Waals surface area contributed by atoms with E-state index in [1.54, 1.807) is 23.1 Å². The summed E-state index contributed by atoms with van der Waals surface area (Å²) in [4.78, 5) is 34.6. The van der Waals surface area contributed by atoms with Crippen LogP contribution in [0.25, 0.3) is 10.2 Å². The van der Waals surface area contributed by atoms with E-state index < -0.39 is 0 Å². The van der Waals surface area contributed by atoms with Gasteiger partial charge in [0.25, 0.3) is 5.56 Å². The highest BCUT2D eigenvalue weighted by Crippen LogP contribution is 2.34. The molecule has 0 atom stereocenters. The molecule has 1 amide bonds. The molecular weight excluding hydrogens is 452 g/mol. The summed E-state index contributed by atoms with van der Waals surface area (Å²) in [5, 5.41) is 7.37. The predicted octanol–water partition coefficient (Wildman–Crippen LogP) is 5.48. The van der Waals surface area contributed by atoms with Crippen LogP contribution in [-0.4, -0.2) is 27.7 Å². The monoisotopic (exact) mass is 482 g/mol. The van der Waals surface area contributed by atoms with Crippen molar-refractivity contribution in [1.29, 1.82) is 0 Å². The maximum Gasteiger partial charge on any atom is 0.259 e. The number of carbonyl (C=O) groups excluding carboxylic acids is 1. The maximum atomic E-state index is 12.5. The summed E-state index contributed by atoms with van der Waals surface area (Å²) in [6.07, 6.45) is 10.1. The summed E-state index contributed by atoms with van der Waals surface area (Å²) < 4.78 is 0. The molecule has 2 heterocycles. The van der Waals surface area contributed by atoms with Gasteiger partial charge in [0.2, 0.25) is 5.91 Å². The summed E-state index contributed by atoms with van der Waals surface area (Å²) in [6.45, 7) is 0. The van der Waals surface area contributed by atoms with E-state index in [1.165, 1.54) is 42.5 Å². The molecule has 0 unspecified atom stereocenters. The number of hydrogen-bond donors (Lipinski definition) is 3. The molecule has 1 fully saturated rings. The van der Waals surface area contributed by atoms with Gasteiger partial charge in [-0.1, -0.05) is 19.3 Å². The van der Waals surface area contributed by atoms with Gasteiger partial charge in [-0.2, -0.15) is 11.8 Å². The lowest BCUT2D eigenvalue weighted by Crippen LogP contribution is -2.22. The lowest BCUT2D eigenvalue weighted by molar-refractivity contribution is -0.115. The van der Waals surface area contributed by atoms with Crippen molar-refractivity contribution in [3.63, 3.8) is 0 Å². The van der Waals surface area contributed by atoms with Crippen molar-refractivity contribution in [2.75, 3.05) is 16.4 Å². The maximum absolute atomic E-state index is 12.5. The first kappa shape index (κ1) is 22.5. The zero-order chi connectivity index (χ0) is 22.6. The van der Waals surface area contributed by atoms with Crippen LogP contribution in [0, 0.1) is 0 Å². The Morgan fingerprint density at radius 2 is 1.88 bits per heavy atom. The number of amides is 1. The van der Waals surface area contributed by atoms with Crippen molar-refractivity contribution < 1.29 is 4.79 Å². The first-order valence-electron chi connectivity index (χ1n) is 11.9. The number of H-pyrrole nitrogens is 1. The number of aromatic amines is 1. The molecule has 0 radical (unpaired) electrons. The zero-order valence-corrected chi connectivity index (χ0v) is 20.4. The molecule has 6 nitrogen and oxygen atoms in total. The van der Waals surface area contributed by atoms with Crippen LogP contribution in [0.3, 0.4) is 0 Å². The summed E-state index contributed by atoms with van der Waals surface area (Å²) in [5.74, 6) is 1.97. The van der Waals surface area contributed by atoms with E-state index in [0.29, 0.717) is 29.8 Å². The number of carbonyl (C=O) groups is 1. The molecule has 0 aliphatic heterocycles. The number of thioether (sulfide) groups is 1. The molecular formula is C25H30N4O2S2. The van der Waals surface area contributed by atoms with Gasteiger partial charge in [-0.15, -0.1) is 11.3 Å². The Hall–Kier alpha value is -2.32. The second-order valence-electron chi connectivity index (χ2n) is 8.96. The van der Waals surface area contributed by atoms with E-state index in [2.05, 4.69) is 20.6 Å². The number of fused-ring (bicyclic) bond motifs is 3. The van der Waals surface area contributed by atoms with Crippen LogP contribution in [0.5, 0.6) is 0 Å². The molecule has 1 aromatic carbocycles. The number of benzene rings is 1. The number of rotatable bonds is 8. The molecule has 2 aliphatic carbocycles. The molecule has 8 heteroatoms. The van der Waals surface area contributed by atoms with Crippen molar-refractivity contribution in [3.05, 3.63) is 50.9 Å². The second kappa shape index (κ2) is 10.3. The largest absolute Gasteiger partial charge is 0.382 e. The van der Waals surface area contributed by atoms with Crippen molar-refractivity contribution in [3.8, 4) is 0 Å². The number of hydrogen-bond acceptors (Lipinski definition) is 6. The molecule has 5 rings (SSSR count). The van der Waals surface area contributed by atoms with Crippen molar-refractivity contribution in [2.45, 2.75) is 69.6 Å². The molecule has 3 aromatic rings. The lowest BCUT2D eigenvalue weighted by Gasteiger charge is -2.23. The minimum Gasteiger partial charge on any atom is -0.382 e. The normalized spacial score (nSPS) is 16.1. The van der Waals surface area contributed by atoms with E-state index in [0.717, 1.165) is 40.9 Å². The Kier molecular flexibility index (Phi) is 7.02. The van der Waals surface area contributed by atoms with Gasteiger partial charge in [-0.05, 0) is 61.9 Å². The van der Waals surface area contributed by atoms with E-state index in [1.807, 2.05) is 24.3 Å². The topological polar surface area (TPSA) is 86.9 Å². The van der Waals surface area contributed by atoms with E-state index in [-0.39, 0.29) is 11.5 Å². The Bertz CT molecular complexity index is 1180. The fourth-order valence-electron chi connectivity index (χ4n) is 4.80. The molecule has 0 bridgehead atoms. The molecule has 2 aromatic heterocycles. The highest BCUT2D eigenvalue weighted by molar-refractivity contribution is 7.98. The third-order valence-electron chi connectivity index (χ3n) is 6.48. The predicted molar refractivity (Wildman–Crippen MR) is 139 cm³/mol. The number of nitrogens with one attached hydrogen (secondary N) is 3. The highest BCUT2D eigenvalue weighted by Gasteiger charge is 2.21. The van der Waals surface area contributed by atoms with Gasteiger partial charge in [0.1, 0.15) is 10.7 Å². The van der Waals surface area contributed by atoms with Gasteiger partial charge in [0.05, 0.1) is 11.1 Å². The standard InChI is InChI=1S/C25H30N4O2S2/c30-22(27-18-11-9-17(10-12-18)26-16-5-2-1-3-6-16)13-14-32-15-21-28-24(31)23-19-7-4-8-20(19)33-25(23)29-21/h9-12,16,26H,1-8,13-15H2,(H,27,30)(H,28,29,31). The first-order chi connectivity index (χ1) is 16.2. The average Bonchev–Trinajstić information content (AvgIpc) is 3.40. The van der Waals surface area contributed by atoms with Gasteiger partial charge in [-0.3, -0.25) is 9.59 Å². The molecule has 33 heavy (non-hydrogen) atoms. The number of nitrogens with zero attached hydrogens (tertiary/aromatic N) is 1. The summed E-state index contributed by atoms with van der Waals surface area (Å²) in [7, 11) is 0. The van der Waals surface area contributed by atoms with Crippen LogP contribution < -0.4 is 16.2 Å². The molecule has 0 spiro atoms. The minimum absolute atomic E-state index is 0.00192. The molecule has 1 saturated carbocycles. The first-order valence-corrected chi connectivity index (χ1v) is 13.9. The van der Waals surface area contributed by atoms with Crippen LogP contribution in [0.15, 0.2) is 29.1 Å². The van der Waals surface area contributed by atoms with Crippen LogP contribution >= 0.6 is 23.1 Å². The quantitative estimate of drug-likeness (QED) is 0.370. The van der Waals surface area contributed by atoms with Gasteiger partial charge in [0, 0.05) is 34.5 Å². The number of thiophene rings is 1. The Morgan fingerprint density at radius 1 is 1.09 bits per heavy atom. The molecule has 3 N–H and O–H groups in total. The Labute approximate surface area is 202 Å². The third-order valence-corrected chi connectivity index (χ3v) is 8.64. The average molecular weight is 483 g/mol. The van der Waals surface area contributed by atoms with Gasteiger partial charge in [-0.25, -0.2) is 4.98 Å². The van der Waals surface area contributed by atoms with E-state index in [9.17, 15) is 9.59 Å². The van der Waals surface area contributed by atoms with Crippen molar-refractivity contribution in [1.82, 2.24) is 9.97 Å². The van der Waals surface area contributed by atoms with Crippen LogP contribution in [0.1, 0.15) is 61.2 Å². The second-order valence-corrected chi connectivity index (χ2v) is 11.1. The van der Waals surface area contributed by atoms with Crippen LogP contribution in [0.2, 0.25) is 0 Å². The van der Waals surface area contributed by atoms with Crippen LogP contribution in [-0.2, 0) is 23.4 Å². The number of aromatic nitrogens is 2. The Balaban J connectivity index is 1.07. The summed E-state index contributed by atoms with van der Waals surface area (Å²) in [6, 6.07) is 8.56. The fraction of sp³-hybridized carbons (Fsp3) is 0.480. The summed E-state index contributed by atoms with van der Waals surface area (Å²) in [5.41, 5.74) is 3.12. The molecule has 2 aliphatic rings. The SMILES string of the molecule is O=C(CCSCc1nc2sc3c(c2c(=O)[nH]1)CCC3)Nc1ccc(NC2CCCCC2)cc1. The highest BCUT2D eigenvalue weighted by atomic mass is 32.2. The third kappa shape index (κ3) is 5.44. The van der Waals surface area contributed by atoms with Gasteiger partial charge >= 0.3 is 0 Å². The van der Waals surface area contributed by atoms with E-state index in [4.69, 9.17) is 0 Å². The van der Waals surface area contributed by atoms with Crippen molar-refractivity contribution >= 4 is 50.6 Å². The lowest BCUT2D eigenvalue weighted by atomic mass is 9.95. The number of aryl methyl sites for hydroxylation is 2. The number of anilines is 2. The molecule has 0 saturated heterocycles. The van der Waals surface area contributed by atoms with Gasteiger partial charge < -0.3 is 15.6 Å². The summed E-state index contributed by atoms with van der Waals surface area (Å²) >= 11 is 3.28. The molecule has 174 valence electrons. The zero-order valence-electron chi connectivity index (χ0n) is 18.7. The minimum atomic E-state index is -0.0193. The van der Waals surface area contributed by atoms with Gasteiger partial charge in [0.15, 0.2) is 0 Å². The fourth-order valence-corrected chi connectivity index (χ4v) is 6.89.